The van der Waals surface area contributed by atoms with Gasteiger partial charge in [0.2, 0.25) is 0 Å². The van der Waals surface area contributed by atoms with Crippen LogP contribution < -0.4 is 10.1 Å². The minimum atomic E-state index is -0.634. The molecule has 0 radical (unpaired) electrons. The first-order valence-electron chi connectivity index (χ1n) is 7.33. The molecule has 2 aromatic rings. The number of amides is 1. The zero-order valence-electron chi connectivity index (χ0n) is 13.4. The van der Waals surface area contributed by atoms with Crippen molar-refractivity contribution in [3.05, 3.63) is 52.9 Å². The van der Waals surface area contributed by atoms with E-state index in [1.807, 2.05) is 6.92 Å². The van der Waals surface area contributed by atoms with Crippen LogP contribution >= 0.6 is 11.6 Å². The second kappa shape index (κ2) is 8.40. The first kappa shape index (κ1) is 17.9. The monoisotopic (exact) mass is 351 g/mol. The molecule has 0 saturated carbocycles. The fraction of sp³-hybridized carbons (Fsp3) is 0.294. The summed E-state index contributed by atoms with van der Waals surface area (Å²) in [4.78, 5) is 23.4. The molecule has 128 valence electrons. The van der Waals surface area contributed by atoms with Gasteiger partial charge in [-0.3, -0.25) is 4.79 Å². The molecule has 1 heterocycles. The fourth-order valence-electron chi connectivity index (χ4n) is 1.99. The van der Waals surface area contributed by atoms with Crippen molar-refractivity contribution < 1.29 is 23.5 Å². The number of esters is 1. The van der Waals surface area contributed by atoms with Gasteiger partial charge < -0.3 is 19.2 Å². The molecule has 1 aromatic heterocycles. The van der Waals surface area contributed by atoms with Crippen LogP contribution in [0.25, 0.3) is 0 Å². The molecule has 0 fully saturated rings. The van der Waals surface area contributed by atoms with Crippen molar-refractivity contribution in [2.24, 2.45) is 0 Å². The van der Waals surface area contributed by atoms with Crippen LogP contribution in [0.4, 0.5) is 0 Å². The summed E-state index contributed by atoms with van der Waals surface area (Å²) in [6.45, 7) is 2.91. The summed E-state index contributed by atoms with van der Waals surface area (Å²) in [5.41, 5.74) is 0.806. The standard InChI is InChI=1S/C17H18ClNO5/c1-11-8-13(18)5-6-14(11)23-10-17(21)24-9-16(20)19-12(2)15-4-3-7-22-15/h3-8,12H,9-10H2,1-2H3,(H,19,20)/t12-/m1/s1. The number of hydrogen-bond acceptors (Lipinski definition) is 5. The van der Waals surface area contributed by atoms with Crippen molar-refractivity contribution >= 4 is 23.5 Å². The molecule has 0 bridgehead atoms. The lowest BCUT2D eigenvalue weighted by molar-refractivity contribution is -0.150. The predicted octanol–water partition coefficient (Wildman–Crippen LogP) is 3.04. The van der Waals surface area contributed by atoms with Crippen molar-refractivity contribution in [3.8, 4) is 5.75 Å². The van der Waals surface area contributed by atoms with Crippen molar-refractivity contribution in [1.82, 2.24) is 5.32 Å². The highest BCUT2D eigenvalue weighted by Gasteiger charge is 2.14. The van der Waals surface area contributed by atoms with E-state index in [0.717, 1.165) is 5.56 Å². The van der Waals surface area contributed by atoms with Gasteiger partial charge in [0.25, 0.3) is 5.91 Å². The quantitative estimate of drug-likeness (QED) is 0.776. The Hall–Kier alpha value is -2.47. The summed E-state index contributed by atoms with van der Waals surface area (Å²) in [6.07, 6.45) is 1.52. The number of carbonyl (C=O) groups excluding carboxylic acids is 2. The number of ether oxygens (including phenoxy) is 2. The van der Waals surface area contributed by atoms with Crippen LogP contribution in [0.2, 0.25) is 5.02 Å². The van der Waals surface area contributed by atoms with Gasteiger partial charge in [0.1, 0.15) is 11.5 Å². The van der Waals surface area contributed by atoms with Crippen LogP contribution in [0.15, 0.2) is 41.0 Å². The van der Waals surface area contributed by atoms with Gasteiger partial charge in [-0.25, -0.2) is 4.79 Å². The van der Waals surface area contributed by atoms with Crippen molar-refractivity contribution in [3.63, 3.8) is 0 Å². The van der Waals surface area contributed by atoms with Crippen molar-refractivity contribution in [2.45, 2.75) is 19.9 Å². The van der Waals surface area contributed by atoms with E-state index in [4.69, 9.17) is 25.5 Å². The third kappa shape index (κ3) is 5.31. The fourth-order valence-corrected chi connectivity index (χ4v) is 2.22. The number of rotatable bonds is 7. The average Bonchev–Trinajstić information content (AvgIpc) is 3.06. The first-order chi connectivity index (χ1) is 11.5. The normalized spacial score (nSPS) is 11.6. The lowest BCUT2D eigenvalue weighted by Crippen LogP contribution is -2.31. The molecule has 0 aliphatic heterocycles. The van der Waals surface area contributed by atoms with Crippen LogP contribution in [-0.2, 0) is 14.3 Å². The Morgan fingerprint density at radius 1 is 1.29 bits per heavy atom. The maximum atomic E-state index is 11.7. The molecule has 0 aliphatic rings. The lowest BCUT2D eigenvalue weighted by Gasteiger charge is -2.12. The van der Waals surface area contributed by atoms with Gasteiger partial charge in [-0.1, -0.05) is 11.6 Å². The summed E-state index contributed by atoms with van der Waals surface area (Å²) >= 11 is 5.84. The Morgan fingerprint density at radius 2 is 2.08 bits per heavy atom. The van der Waals surface area contributed by atoms with E-state index < -0.39 is 11.9 Å². The molecule has 24 heavy (non-hydrogen) atoms. The van der Waals surface area contributed by atoms with E-state index in [0.29, 0.717) is 16.5 Å². The summed E-state index contributed by atoms with van der Waals surface area (Å²) in [5.74, 6) is 0.101. The molecule has 1 atom stereocenters. The smallest absolute Gasteiger partial charge is 0.344 e. The molecule has 6 nitrogen and oxygen atoms in total. The number of nitrogens with one attached hydrogen (secondary N) is 1. The van der Waals surface area contributed by atoms with Crippen LogP contribution in [0.3, 0.4) is 0 Å². The SMILES string of the molecule is Cc1cc(Cl)ccc1OCC(=O)OCC(=O)N[C@H](C)c1ccco1. The highest BCUT2D eigenvalue weighted by atomic mass is 35.5. The Morgan fingerprint density at radius 3 is 2.75 bits per heavy atom. The Bertz CT molecular complexity index is 699. The zero-order chi connectivity index (χ0) is 17.5. The lowest BCUT2D eigenvalue weighted by atomic mass is 10.2. The summed E-state index contributed by atoms with van der Waals surface area (Å²) in [5, 5.41) is 3.25. The van der Waals surface area contributed by atoms with E-state index in [-0.39, 0.29) is 19.3 Å². The number of aryl methyl sites for hydroxylation is 1. The van der Waals surface area contributed by atoms with E-state index in [1.165, 1.54) is 6.26 Å². The van der Waals surface area contributed by atoms with E-state index >= 15 is 0 Å². The molecule has 0 aliphatic carbocycles. The molecule has 0 spiro atoms. The first-order valence-corrected chi connectivity index (χ1v) is 7.71. The molecule has 0 saturated heterocycles. The maximum Gasteiger partial charge on any atom is 0.344 e. The van der Waals surface area contributed by atoms with Gasteiger partial charge in [0.15, 0.2) is 13.2 Å². The second-order valence-corrected chi connectivity index (χ2v) is 5.60. The maximum absolute atomic E-state index is 11.7. The Balaban J connectivity index is 1.71. The molecular weight excluding hydrogens is 334 g/mol. The number of benzene rings is 1. The van der Waals surface area contributed by atoms with Crippen LogP contribution in [0, 0.1) is 6.92 Å². The highest BCUT2D eigenvalue weighted by Crippen LogP contribution is 2.21. The molecule has 2 rings (SSSR count). The highest BCUT2D eigenvalue weighted by molar-refractivity contribution is 6.30. The van der Waals surface area contributed by atoms with Gasteiger partial charge in [-0.2, -0.15) is 0 Å². The summed E-state index contributed by atoms with van der Waals surface area (Å²) < 4.78 is 15.4. The number of carbonyl (C=O) groups is 2. The number of halogens is 1. The zero-order valence-corrected chi connectivity index (χ0v) is 14.1. The largest absolute Gasteiger partial charge is 0.482 e. The average molecular weight is 352 g/mol. The molecular formula is C17H18ClNO5. The Labute approximate surface area is 144 Å². The third-order valence-electron chi connectivity index (χ3n) is 3.19. The van der Waals surface area contributed by atoms with Gasteiger partial charge in [-0.15, -0.1) is 0 Å². The minimum Gasteiger partial charge on any atom is -0.482 e. The number of furan rings is 1. The van der Waals surface area contributed by atoms with Gasteiger partial charge >= 0.3 is 5.97 Å². The number of hydrogen-bond donors (Lipinski definition) is 1. The predicted molar refractivity (Wildman–Crippen MR) is 87.9 cm³/mol. The Kier molecular flexibility index (Phi) is 6.26. The van der Waals surface area contributed by atoms with Crippen LogP contribution in [-0.4, -0.2) is 25.1 Å². The van der Waals surface area contributed by atoms with Crippen molar-refractivity contribution in [1.29, 1.82) is 0 Å². The second-order valence-electron chi connectivity index (χ2n) is 5.16. The van der Waals surface area contributed by atoms with Gasteiger partial charge in [0.05, 0.1) is 12.3 Å². The minimum absolute atomic E-state index is 0.288. The van der Waals surface area contributed by atoms with Crippen molar-refractivity contribution in [2.75, 3.05) is 13.2 Å². The topological polar surface area (TPSA) is 77.8 Å². The van der Waals surface area contributed by atoms with Gasteiger partial charge in [-0.05, 0) is 49.7 Å². The molecule has 0 unspecified atom stereocenters. The third-order valence-corrected chi connectivity index (χ3v) is 3.43. The van der Waals surface area contributed by atoms with E-state index in [9.17, 15) is 9.59 Å². The summed E-state index contributed by atoms with van der Waals surface area (Å²) in [7, 11) is 0. The molecule has 1 aromatic carbocycles. The van der Waals surface area contributed by atoms with E-state index in [2.05, 4.69) is 5.32 Å². The van der Waals surface area contributed by atoms with Crippen LogP contribution in [0.5, 0.6) is 5.75 Å². The summed E-state index contributed by atoms with van der Waals surface area (Å²) in [6, 6.07) is 8.24. The molecule has 1 amide bonds. The van der Waals surface area contributed by atoms with Gasteiger partial charge in [0, 0.05) is 5.02 Å². The molecule has 7 heteroatoms. The molecule has 1 N–H and O–H groups in total. The van der Waals surface area contributed by atoms with Crippen LogP contribution in [0.1, 0.15) is 24.3 Å². The van der Waals surface area contributed by atoms with E-state index in [1.54, 1.807) is 37.3 Å².